The van der Waals surface area contributed by atoms with E-state index in [2.05, 4.69) is 68.7 Å². The molecular weight excluding hydrogens is 518 g/mol. The van der Waals surface area contributed by atoms with Gasteiger partial charge in [0.15, 0.2) is 0 Å². The van der Waals surface area contributed by atoms with Crippen molar-refractivity contribution in [3.05, 3.63) is 31.5 Å². The van der Waals surface area contributed by atoms with Gasteiger partial charge in [0.2, 0.25) is 0 Å². The Morgan fingerprint density at radius 2 is 1.26 bits per heavy atom. The highest BCUT2D eigenvalue weighted by atomic mass is 79.9. The molecule has 1 aromatic rings. The number of rotatable bonds is 6. The largest absolute Gasteiger partial charge is 0.336 e. The van der Waals surface area contributed by atoms with Crippen molar-refractivity contribution in [2.45, 2.75) is 22.7 Å². The highest BCUT2D eigenvalue weighted by Crippen LogP contribution is 2.05. The summed E-state index contributed by atoms with van der Waals surface area (Å²) < 4.78 is 2.02. The van der Waals surface area contributed by atoms with Crippen LogP contribution < -0.4 is 17.1 Å². The van der Waals surface area contributed by atoms with Crippen LogP contribution in [0.25, 0.3) is 0 Å². The van der Waals surface area contributed by atoms with E-state index in [9.17, 15) is 14.4 Å². The van der Waals surface area contributed by atoms with Crippen LogP contribution in [0, 0.1) is 0 Å². The molecule has 19 heavy (non-hydrogen) atoms. The summed E-state index contributed by atoms with van der Waals surface area (Å²) >= 11 is 13.2. The quantitative estimate of drug-likeness (QED) is 0.560. The summed E-state index contributed by atoms with van der Waals surface area (Å²) in [5.74, 6) is 0. The van der Waals surface area contributed by atoms with Gasteiger partial charge < -0.3 is 0 Å². The van der Waals surface area contributed by atoms with Gasteiger partial charge in [-0.2, -0.15) is 0 Å². The third kappa shape index (κ3) is 4.68. The van der Waals surface area contributed by atoms with E-state index in [-0.39, 0.29) is 22.7 Å². The molecule has 0 bridgehead atoms. The van der Waals surface area contributed by atoms with Gasteiger partial charge in [-0.25, -0.2) is 23.5 Å². The number of aromatic amines is 1. The van der Waals surface area contributed by atoms with Gasteiger partial charge in [0.25, 0.3) is 0 Å². The van der Waals surface area contributed by atoms with Crippen LogP contribution in [0.2, 0.25) is 0 Å². The molecule has 0 amide bonds. The standard InChI is InChI=1S/C9H11Br4N3O3/c10-1-5(12)3-15-7(17)14-8(18)16(9(15)19)4-6(13)2-11/h5-6H,1-4H2,(H,14,17,18)/t5-,6+. The molecule has 1 heterocycles. The van der Waals surface area contributed by atoms with Gasteiger partial charge in [-0.15, -0.1) is 0 Å². The van der Waals surface area contributed by atoms with Crippen LogP contribution in [0.3, 0.4) is 0 Å². The number of nitrogens with zero attached hydrogens (tertiary/aromatic N) is 2. The Morgan fingerprint density at radius 1 is 0.895 bits per heavy atom. The van der Waals surface area contributed by atoms with E-state index >= 15 is 0 Å². The van der Waals surface area contributed by atoms with E-state index in [1.165, 1.54) is 0 Å². The van der Waals surface area contributed by atoms with Gasteiger partial charge >= 0.3 is 17.1 Å². The minimum Gasteiger partial charge on any atom is -0.259 e. The molecule has 0 radical (unpaired) electrons. The van der Waals surface area contributed by atoms with Crippen molar-refractivity contribution in [1.82, 2.24) is 14.1 Å². The predicted molar refractivity (Wildman–Crippen MR) is 88.6 cm³/mol. The minimum atomic E-state index is -0.693. The van der Waals surface area contributed by atoms with Crippen LogP contribution in [0.15, 0.2) is 14.4 Å². The van der Waals surface area contributed by atoms with Crippen LogP contribution in [-0.4, -0.2) is 34.4 Å². The maximum absolute atomic E-state index is 12.1. The summed E-state index contributed by atoms with van der Waals surface area (Å²) in [6.07, 6.45) is 0. The number of hydrogen-bond donors (Lipinski definition) is 1. The second-order valence-electron chi connectivity index (χ2n) is 3.74. The molecule has 1 N–H and O–H groups in total. The van der Waals surface area contributed by atoms with Gasteiger partial charge in [-0.1, -0.05) is 63.7 Å². The van der Waals surface area contributed by atoms with Crippen LogP contribution in [0.5, 0.6) is 0 Å². The molecule has 6 nitrogen and oxygen atoms in total. The molecule has 0 unspecified atom stereocenters. The van der Waals surface area contributed by atoms with Crippen molar-refractivity contribution in [2.75, 3.05) is 10.7 Å². The highest BCUT2D eigenvalue weighted by Gasteiger charge is 2.14. The molecule has 10 heteroatoms. The van der Waals surface area contributed by atoms with E-state index < -0.39 is 17.1 Å². The summed E-state index contributed by atoms with van der Waals surface area (Å²) in [7, 11) is 0. The lowest BCUT2D eigenvalue weighted by Gasteiger charge is -2.12. The number of nitrogens with one attached hydrogen (secondary N) is 1. The smallest absolute Gasteiger partial charge is 0.259 e. The molecule has 0 fully saturated rings. The molecule has 0 saturated heterocycles. The molecule has 1 aromatic heterocycles. The molecule has 0 aliphatic heterocycles. The van der Waals surface area contributed by atoms with Crippen LogP contribution >= 0.6 is 63.7 Å². The molecule has 0 aromatic carbocycles. The summed E-state index contributed by atoms with van der Waals surface area (Å²) in [5.41, 5.74) is -1.99. The van der Waals surface area contributed by atoms with Gasteiger partial charge in [-0.05, 0) is 0 Å². The fraction of sp³-hybridized carbons (Fsp3) is 0.667. The number of alkyl halides is 4. The second-order valence-corrected chi connectivity index (χ2v) is 7.63. The van der Waals surface area contributed by atoms with E-state index in [4.69, 9.17) is 0 Å². The summed E-state index contributed by atoms with van der Waals surface area (Å²) in [4.78, 5) is 37.5. The number of aromatic nitrogens is 3. The van der Waals surface area contributed by atoms with E-state index in [1.807, 2.05) is 0 Å². The van der Waals surface area contributed by atoms with Gasteiger partial charge in [0, 0.05) is 33.4 Å². The predicted octanol–water partition coefficient (Wildman–Crippen LogP) is 1.02. The third-order valence-electron chi connectivity index (χ3n) is 2.26. The zero-order valence-corrected chi connectivity index (χ0v) is 16.0. The van der Waals surface area contributed by atoms with Crippen molar-refractivity contribution in [2.24, 2.45) is 0 Å². The Balaban J connectivity index is 3.27. The monoisotopic (exact) mass is 525 g/mol. The van der Waals surface area contributed by atoms with Gasteiger partial charge in [-0.3, -0.25) is 4.98 Å². The van der Waals surface area contributed by atoms with E-state index in [0.29, 0.717) is 10.7 Å². The molecule has 108 valence electrons. The first-order valence-corrected chi connectivity index (χ1v) is 9.32. The lowest BCUT2D eigenvalue weighted by atomic mass is 10.4. The fourth-order valence-corrected chi connectivity index (χ4v) is 2.35. The molecular formula is C9H11Br4N3O3. The van der Waals surface area contributed by atoms with E-state index in [0.717, 1.165) is 9.13 Å². The van der Waals surface area contributed by atoms with Crippen molar-refractivity contribution >= 4 is 63.7 Å². The van der Waals surface area contributed by atoms with Gasteiger partial charge in [0.05, 0.1) is 0 Å². The molecule has 0 saturated carbocycles. The lowest BCUT2D eigenvalue weighted by Crippen LogP contribution is -2.51. The normalized spacial score (nSPS) is 14.3. The Hall–Kier alpha value is 0.330. The molecule has 2 atom stereocenters. The first-order chi connectivity index (χ1) is 8.90. The fourth-order valence-electron chi connectivity index (χ4n) is 1.36. The summed E-state index contributed by atoms with van der Waals surface area (Å²) in [5, 5.41) is 1.17. The molecule has 0 aliphatic rings. The topological polar surface area (TPSA) is 76.9 Å². The molecule has 0 aliphatic carbocycles. The average Bonchev–Trinajstić information content (AvgIpc) is 2.38. The first-order valence-electron chi connectivity index (χ1n) is 5.24. The second kappa shape index (κ2) is 7.94. The average molecular weight is 529 g/mol. The molecule has 0 spiro atoms. The third-order valence-corrected chi connectivity index (χ3v) is 6.79. The molecule has 1 rings (SSSR count). The zero-order valence-electron chi connectivity index (χ0n) is 9.61. The van der Waals surface area contributed by atoms with Crippen LogP contribution in [0.4, 0.5) is 0 Å². The number of H-pyrrole nitrogens is 1. The maximum Gasteiger partial charge on any atom is 0.336 e. The van der Waals surface area contributed by atoms with Gasteiger partial charge in [0.1, 0.15) is 0 Å². The summed E-state index contributed by atoms with van der Waals surface area (Å²) in [6.45, 7) is 0.363. The first kappa shape index (κ1) is 17.4. The Bertz CT molecular complexity index is 546. The van der Waals surface area contributed by atoms with Crippen molar-refractivity contribution in [1.29, 1.82) is 0 Å². The number of hydrogen-bond acceptors (Lipinski definition) is 3. The number of halogens is 4. The van der Waals surface area contributed by atoms with Crippen molar-refractivity contribution in [3.63, 3.8) is 0 Å². The van der Waals surface area contributed by atoms with Crippen molar-refractivity contribution in [3.8, 4) is 0 Å². The van der Waals surface area contributed by atoms with Crippen LogP contribution in [0.1, 0.15) is 0 Å². The maximum atomic E-state index is 12.1. The van der Waals surface area contributed by atoms with E-state index in [1.54, 1.807) is 0 Å². The zero-order chi connectivity index (χ0) is 14.6. The highest BCUT2D eigenvalue weighted by molar-refractivity contribution is 9.12. The van der Waals surface area contributed by atoms with Crippen molar-refractivity contribution < 1.29 is 0 Å². The lowest BCUT2D eigenvalue weighted by molar-refractivity contribution is 0.514. The Labute approximate surface area is 142 Å². The minimum absolute atomic E-state index is 0.0757. The Kier molecular flexibility index (Phi) is 7.26. The Morgan fingerprint density at radius 3 is 1.58 bits per heavy atom. The SMILES string of the molecule is O=c1[nH]c(=O)n(C[C@@H](Br)CBr)c(=O)n1C[C@H](Br)CBr. The summed E-state index contributed by atoms with van der Waals surface area (Å²) in [6, 6.07) is 0. The van der Waals surface area contributed by atoms with Crippen LogP contribution in [-0.2, 0) is 13.1 Å².